The minimum atomic E-state index is 0.910. The van der Waals surface area contributed by atoms with Crippen LogP contribution in [0.25, 0.3) is 0 Å². The van der Waals surface area contributed by atoms with Crippen molar-refractivity contribution in [2.75, 3.05) is 5.33 Å². The molecule has 0 radical (unpaired) electrons. The average Bonchev–Trinajstić information content (AvgIpc) is 2.63. The molecule has 3 nitrogen and oxygen atoms in total. The van der Waals surface area contributed by atoms with Crippen molar-refractivity contribution in [3.63, 3.8) is 0 Å². The van der Waals surface area contributed by atoms with Crippen LogP contribution in [0.4, 0.5) is 0 Å². The van der Waals surface area contributed by atoms with Crippen LogP contribution >= 0.6 is 15.9 Å². The number of aromatic nitrogens is 3. The van der Waals surface area contributed by atoms with Gasteiger partial charge in [0, 0.05) is 18.3 Å². The zero-order chi connectivity index (χ0) is 11.1. The summed E-state index contributed by atoms with van der Waals surface area (Å²) in [6.07, 6.45) is 6.98. The van der Waals surface area contributed by atoms with Crippen molar-refractivity contribution in [2.24, 2.45) is 0 Å². The molecular formula is C11H18BrN3. The van der Waals surface area contributed by atoms with Crippen molar-refractivity contribution in [3.05, 3.63) is 23.8 Å². The maximum Gasteiger partial charge on any atom is 0.138 e. The van der Waals surface area contributed by atoms with E-state index >= 15 is 0 Å². The standard InChI is InChI=1S/C11H18BrN3/c1-3-7-15-11(13-9-14-15)8-10(2)5-4-6-12/h5,9H,3-4,6-8H2,1-2H3. The maximum absolute atomic E-state index is 4.28. The van der Waals surface area contributed by atoms with E-state index < -0.39 is 0 Å². The summed E-state index contributed by atoms with van der Waals surface area (Å²) in [5.74, 6) is 1.07. The Morgan fingerprint density at radius 3 is 3.07 bits per heavy atom. The molecule has 1 aromatic rings. The van der Waals surface area contributed by atoms with Crippen molar-refractivity contribution < 1.29 is 0 Å². The number of hydrogen-bond acceptors (Lipinski definition) is 2. The van der Waals surface area contributed by atoms with Crippen LogP contribution < -0.4 is 0 Å². The van der Waals surface area contributed by atoms with Crippen molar-refractivity contribution in [3.8, 4) is 0 Å². The zero-order valence-corrected chi connectivity index (χ0v) is 11.0. The molecule has 0 fully saturated rings. The van der Waals surface area contributed by atoms with Crippen molar-refractivity contribution in [1.82, 2.24) is 14.8 Å². The third-order valence-corrected chi connectivity index (χ3v) is 2.63. The van der Waals surface area contributed by atoms with Crippen LogP contribution in [0.5, 0.6) is 0 Å². The number of aryl methyl sites for hydroxylation is 1. The van der Waals surface area contributed by atoms with E-state index in [-0.39, 0.29) is 0 Å². The fraction of sp³-hybridized carbons (Fsp3) is 0.636. The first-order valence-electron chi connectivity index (χ1n) is 5.36. The molecule has 0 unspecified atom stereocenters. The van der Waals surface area contributed by atoms with Crippen LogP contribution in [0.15, 0.2) is 18.0 Å². The van der Waals surface area contributed by atoms with Crippen LogP contribution in [0.1, 0.15) is 32.5 Å². The Balaban J connectivity index is 2.59. The molecule has 0 aliphatic carbocycles. The summed E-state index contributed by atoms with van der Waals surface area (Å²) in [7, 11) is 0. The largest absolute Gasteiger partial charge is 0.250 e. The van der Waals surface area contributed by atoms with Crippen molar-refractivity contribution in [2.45, 2.75) is 39.7 Å². The van der Waals surface area contributed by atoms with Gasteiger partial charge in [-0.1, -0.05) is 34.5 Å². The Kier molecular flexibility index (Phi) is 5.61. The first-order valence-corrected chi connectivity index (χ1v) is 6.48. The molecule has 4 heteroatoms. The van der Waals surface area contributed by atoms with E-state index in [0.717, 1.165) is 37.0 Å². The van der Waals surface area contributed by atoms with E-state index in [4.69, 9.17) is 0 Å². The monoisotopic (exact) mass is 271 g/mol. The lowest BCUT2D eigenvalue weighted by atomic mass is 10.2. The second kappa shape index (κ2) is 6.77. The number of allylic oxidation sites excluding steroid dienone is 2. The topological polar surface area (TPSA) is 30.7 Å². The summed E-state index contributed by atoms with van der Waals surface area (Å²) in [4.78, 5) is 4.28. The third kappa shape index (κ3) is 4.16. The molecule has 0 saturated heterocycles. The van der Waals surface area contributed by atoms with Gasteiger partial charge >= 0.3 is 0 Å². The summed E-state index contributed by atoms with van der Waals surface area (Å²) >= 11 is 3.42. The minimum absolute atomic E-state index is 0.910. The maximum atomic E-state index is 4.28. The first kappa shape index (κ1) is 12.4. The molecule has 0 bridgehead atoms. The van der Waals surface area contributed by atoms with Gasteiger partial charge in [-0.05, 0) is 19.8 Å². The summed E-state index contributed by atoms with van der Waals surface area (Å²) < 4.78 is 1.99. The van der Waals surface area contributed by atoms with Crippen LogP contribution in [0.3, 0.4) is 0 Å². The highest BCUT2D eigenvalue weighted by Crippen LogP contribution is 2.06. The van der Waals surface area contributed by atoms with E-state index in [1.54, 1.807) is 6.33 Å². The van der Waals surface area contributed by atoms with E-state index in [9.17, 15) is 0 Å². The van der Waals surface area contributed by atoms with Gasteiger partial charge in [0.05, 0.1) is 0 Å². The van der Waals surface area contributed by atoms with E-state index in [1.807, 2.05) is 4.68 Å². The van der Waals surface area contributed by atoms with E-state index in [2.05, 4.69) is 45.9 Å². The molecule has 0 N–H and O–H groups in total. The smallest absolute Gasteiger partial charge is 0.138 e. The fourth-order valence-corrected chi connectivity index (χ4v) is 1.68. The van der Waals surface area contributed by atoms with Gasteiger partial charge in [0.15, 0.2) is 0 Å². The van der Waals surface area contributed by atoms with E-state index in [1.165, 1.54) is 5.57 Å². The summed E-state index contributed by atoms with van der Waals surface area (Å²) in [6, 6.07) is 0. The highest BCUT2D eigenvalue weighted by Gasteiger charge is 2.03. The molecule has 0 aromatic carbocycles. The SMILES string of the molecule is CCCn1ncnc1CC(C)=CCCBr. The predicted octanol–water partition coefficient (Wildman–Crippen LogP) is 2.96. The first-order chi connectivity index (χ1) is 7.27. The highest BCUT2D eigenvalue weighted by molar-refractivity contribution is 9.09. The molecular weight excluding hydrogens is 254 g/mol. The van der Waals surface area contributed by atoms with Gasteiger partial charge in [-0.25, -0.2) is 9.67 Å². The highest BCUT2D eigenvalue weighted by atomic mass is 79.9. The van der Waals surface area contributed by atoms with Gasteiger partial charge in [-0.2, -0.15) is 5.10 Å². The van der Waals surface area contributed by atoms with Crippen molar-refractivity contribution >= 4 is 15.9 Å². The Morgan fingerprint density at radius 1 is 1.60 bits per heavy atom. The number of halogens is 1. The Labute approximate surface area is 99.7 Å². The molecule has 0 amide bonds. The van der Waals surface area contributed by atoms with Gasteiger partial charge in [-0.3, -0.25) is 0 Å². The molecule has 15 heavy (non-hydrogen) atoms. The molecule has 1 heterocycles. The van der Waals surface area contributed by atoms with Gasteiger partial charge < -0.3 is 0 Å². The summed E-state index contributed by atoms with van der Waals surface area (Å²) in [5, 5.41) is 5.23. The average molecular weight is 272 g/mol. The van der Waals surface area contributed by atoms with Gasteiger partial charge in [0.1, 0.15) is 12.2 Å². The lowest BCUT2D eigenvalue weighted by Crippen LogP contribution is -2.05. The Hall–Kier alpha value is -0.640. The molecule has 0 aliphatic rings. The van der Waals surface area contributed by atoms with E-state index in [0.29, 0.717) is 0 Å². The molecule has 0 atom stereocenters. The molecule has 0 spiro atoms. The van der Waals surface area contributed by atoms with Crippen LogP contribution in [-0.4, -0.2) is 20.1 Å². The predicted molar refractivity (Wildman–Crippen MR) is 66.2 cm³/mol. The summed E-state index contributed by atoms with van der Waals surface area (Å²) in [5.41, 5.74) is 1.36. The number of alkyl halides is 1. The quantitative estimate of drug-likeness (QED) is 0.588. The molecule has 1 rings (SSSR count). The number of nitrogens with zero attached hydrogens (tertiary/aromatic N) is 3. The molecule has 1 aromatic heterocycles. The van der Waals surface area contributed by atoms with Gasteiger partial charge in [0.2, 0.25) is 0 Å². The second-order valence-electron chi connectivity index (χ2n) is 3.60. The Bertz CT molecular complexity index is 317. The molecule has 84 valence electrons. The lowest BCUT2D eigenvalue weighted by molar-refractivity contribution is 0.574. The Morgan fingerprint density at radius 2 is 2.40 bits per heavy atom. The van der Waals surface area contributed by atoms with Gasteiger partial charge in [0.25, 0.3) is 0 Å². The van der Waals surface area contributed by atoms with Crippen LogP contribution in [-0.2, 0) is 13.0 Å². The third-order valence-electron chi connectivity index (χ3n) is 2.17. The van der Waals surface area contributed by atoms with Gasteiger partial charge in [-0.15, -0.1) is 0 Å². The van der Waals surface area contributed by atoms with Crippen molar-refractivity contribution in [1.29, 1.82) is 0 Å². The molecule has 0 aliphatic heterocycles. The lowest BCUT2D eigenvalue weighted by Gasteiger charge is -2.04. The van der Waals surface area contributed by atoms with Crippen LogP contribution in [0.2, 0.25) is 0 Å². The number of rotatable bonds is 6. The normalized spacial score (nSPS) is 12.1. The zero-order valence-electron chi connectivity index (χ0n) is 9.41. The van der Waals surface area contributed by atoms with Crippen LogP contribution in [0, 0.1) is 0 Å². The minimum Gasteiger partial charge on any atom is -0.250 e. The molecule has 0 saturated carbocycles. The summed E-state index contributed by atoms with van der Waals surface area (Å²) in [6.45, 7) is 5.26. The fourth-order valence-electron chi connectivity index (χ4n) is 1.45. The number of hydrogen-bond donors (Lipinski definition) is 0. The second-order valence-corrected chi connectivity index (χ2v) is 4.40.